The van der Waals surface area contributed by atoms with E-state index < -0.39 is 0 Å². The van der Waals surface area contributed by atoms with Crippen LogP contribution >= 0.6 is 0 Å². The van der Waals surface area contributed by atoms with Gasteiger partial charge in [0.1, 0.15) is 0 Å². The Kier molecular flexibility index (Phi) is 3.56. The molecular formula is C16H21N5. The van der Waals surface area contributed by atoms with Crippen LogP contribution in [0.5, 0.6) is 0 Å². The van der Waals surface area contributed by atoms with Crippen LogP contribution in [0.1, 0.15) is 13.3 Å². The van der Waals surface area contributed by atoms with Gasteiger partial charge in [-0.1, -0.05) is 6.58 Å². The lowest BCUT2D eigenvalue weighted by Gasteiger charge is -2.21. The lowest BCUT2D eigenvalue weighted by atomic mass is 10.2. The summed E-state index contributed by atoms with van der Waals surface area (Å²) in [5.41, 5.74) is 10.0. The van der Waals surface area contributed by atoms with Crippen molar-refractivity contribution in [2.45, 2.75) is 19.4 Å². The highest BCUT2D eigenvalue weighted by atomic mass is 15.2. The summed E-state index contributed by atoms with van der Waals surface area (Å²) >= 11 is 0. The van der Waals surface area contributed by atoms with Crippen LogP contribution in [0.2, 0.25) is 0 Å². The number of nitrogens with zero attached hydrogens (tertiary/aromatic N) is 3. The Labute approximate surface area is 125 Å². The van der Waals surface area contributed by atoms with Gasteiger partial charge in [-0.05, 0) is 31.5 Å². The topological polar surface area (TPSA) is 59.1 Å². The van der Waals surface area contributed by atoms with Crippen LogP contribution < -0.4 is 16.0 Å². The maximum atomic E-state index is 6.08. The third-order valence-electron chi connectivity index (χ3n) is 3.80. The van der Waals surface area contributed by atoms with Gasteiger partial charge >= 0.3 is 0 Å². The molecule has 1 saturated heterocycles. The van der Waals surface area contributed by atoms with E-state index in [1.54, 1.807) is 12.5 Å². The standard InChI is InChI=1S/C16H21N5/c1-12(2)19-13-5-7-20(10-13)14-3-4-15(17)16(9-14)21-8-6-18-11-21/h3-4,6,8-9,11,13,19H,1,5,7,10,17H2,2H3. The summed E-state index contributed by atoms with van der Waals surface area (Å²) in [6, 6.07) is 6.64. The molecule has 1 aromatic carbocycles. The van der Waals surface area contributed by atoms with Crippen LogP contribution in [0, 0.1) is 0 Å². The number of nitrogens with one attached hydrogen (secondary N) is 1. The Hall–Kier alpha value is -2.43. The highest BCUT2D eigenvalue weighted by Crippen LogP contribution is 2.27. The molecule has 2 heterocycles. The molecule has 0 spiro atoms. The fourth-order valence-electron chi connectivity index (χ4n) is 2.82. The molecule has 0 bridgehead atoms. The number of hydrogen-bond acceptors (Lipinski definition) is 4. The first kappa shape index (κ1) is 13.5. The van der Waals surface area contributed by atoms with Crippen molar-refractivity contribution in [3.8, 4) is 5.69 Å². The van der Waals surface area contributed by atoms with E-state index in [0.717, 1.165) is 36.6 Å². The van der Waals surface area contributed by atoms with Gasteiger partial charge in [-0.3, -0.25) is 0 Å². The SMILES string of the molecule is C=C(C)NC1CCN(c2ccc(N)c(-n3ccnc3)c2)C1. The van der Waals surface area contributed by atoms with E-state index in [-0.39, 0.29) is 0 Å². The Morgan fingerprint density at radius 3 is 3.05 bits per heavy atom. The normalized spacial score (nSPS) is 18.0. The number of hydrogen-bond donors (Lipinski definition) is 2. The first-order valence-corrected chi connectivity index (χ1v) is 7.18. The second-order valence-electron chi connectivity index (χ2n) is 5.57. The van der Waals surface area contributed by atoms with Gasteiger partial charge in [-0.25, -0.2) is 4.98 Å². The smallest absolute Gasteiger partial charge is 0.0992 e. The molecule has 5 heteroatoms. The molecule has 1 aliphatic heterocycles. The Balaban J connectivity index is 1.81. The summed E-state index contributed by atoms with van der Waals surface area (Å²) in [6.07, 6.45) is 6.56. The van der Waals surface area contributed by atoms with Gasteiger partial charge < -0.3 is 20.5 Å². The second kappa shape index (κ2) is 5.52. The zero-order valence-corrected chi connectivity index (χ0v) is 12.3. The van der Waals surface area contributed by atoms with E-state index in [1.165, 1.54) is 5.69 Å². The number of rotatable bonds is 4. The summed E-state index contributed by atoms with van der Waals surface area (Å²) in [5.74, 6) is 0. The zero-order valence-electron chi connectivity index (χ0n) is 12.3. The summed E-state index contributed by atoms with van der Waals surface area (Å²) in [6.45, 7) is 7.95. The fourth-order valence-corrected chi connectivity index (χ4v) is 2.82. The van der Waals surface area contributed by atoms with E-state index >= 15 is 0 Å². The van der Waals surface area contributed by atoms with Crippen LogP contribution in [0.4, 0.5) is 11.4 Å². The van der Waals surface area contributed by atoms with Crippen molar-refractivity contribution in [2.75, 3.05) is 23.7 Å². The number of nitrogen functional groups attached to an aromatic ring is 1. The molecule has 1 aliphatic rings. The lowest BCUT2D eigenvalue weighted by molar-refractivity contribution is 0.620. The summed E-state index contributed by atoms with van der Waals surface area (Å²) < 4.78 is 1.94. The largest absolute Gasteiger partial charge is 0.397 e. The van der Waals surface area contributed by atoms with Crippen LogP contribution in [0.3, 0.4) is 0 Å². The predicted molar refractivity (Wildman–Crippen MR) is 86.5 cm³/mol. The van der Waals surface area contributed by atoms with Crippen LogP contribution in [0.15, 0.2) is 49.2 Å². The van der Waals surface area contributed by atoms with Crippen LogP contribution in [-0.2, 0) is 0 Å². The average molecular weight is 283 g/mol. The average Bonchev–Trinajstić information content (AvgIpc) is 3.10. The molecule has 2 aromatic rings. The van der Waals surface area contributed by atoms with Crippen molar-refractivity contribution >= 4 is 11.4 Å². The summed E-state index contributed by atoms with van der Waals surface area (Å²) in [4.78, 5) is 6.46. The highest BCUT2D eigenvalue weighted by molar-refractivity contribution is 5.66. The van der Waals surface area contributed by atoms with E-state index in [1.807, 2.05) is 23.8 Å². The number of allylic oxidation sites excluding steroid dienone is 1. The number of benzene rings is 1. The number of anilines is 2. The van der Waals surface area contributed by atoms with Crippen molar-refractivity contribution in [1.29, 1.82) is 0 Å². The zero-order chi connectivity index (χ0) is 14.8. The Morgan fingerprint density at radius 2 is 2.33 bits per heavy atom. The van der Waals surface area contributed by atoms with Crippen LogP contribution in [-0.4, -0.2) is 28.7 Å². The van der Waals surface area contributed by atoms with Gasteiger partial charge in [-0.2, -0.15) is 0 Å². The molecule has 3 rings (SSSR count). The van der Waals surface area contributed by atoms with E-state index in [2.05, 4.69) is 33.9 Å². The molecule has 1 aromatic heterocycles. The van der Waals surface area contributed by atoms with E-state index in [9.17, 15) is 0 Å². The summed E-state index contributed by atoms with van der Waals surface area (Å²) in [7, 11) is 0. The van der Waals surface area contributed by atoms with Crippen molar-refractivity contribution in [1.82, 2.24) is 14.9 Å². The first-order valence-electron chi connectivity index (χ1n) is 7.18. The molecule has 1 fully saturated rings. The van der Waals surface area contributed by atoms with E-state index in [4.69, 9.17) is 5.73 Å². The van der Waals surface area contributed by atoms with Crippen molar-refractivity contribution in [2.24, 2.45) is 0 Å². The minimum atomic E-state index is 0.469. The predicted octanol–water partition coefficient (Wildman–Crippen LogP) is 2.16. The van der Waals surface area contributed by atoms with Gasteiger partial charge in [-0.15, -0.1) is 0 Å². The van der Waals surface area contributed by atoms with Crippen LogP contribution in [0.25, 0.3) is 5.69 Å². The van der Waals surface area contributed by atoms with Gasteiger partial charge in [0, 0.05) is 42.9 Å². The molecule has 110 valence electrons. The van der Waals surface area contributed by atoms with Crippen molar-refractivity contribution in [3.05, 3.63) is 49.2 Å². The fraction of sp³-hybridized carbons (Fsp3) is 0.312. The first-order chi connectivity index (χ1) is 10.1. The molecule has 1 unspecified atom stereocenters. The highest BCUT2D eigenvalue weighted by Gasteiger charge is 2.22. The quantitative estimate of drug-likeness (QED) is 0.844. The van der Waals surface area contributed by atoms with Crippen molar-refractivity contribution < 1.29 is 0 Å². The molecule has 3 N–H and O–H groups in total. The second-order valence-corrected chi connectivity index (χ2v) is 5.57. The van der Waals surface area contributed by atoms with Gasteiger partial charge in [0.15, 0.2) is 0 Å². The van der Waals surface area contributed by atoms with E-state index in [0.29, 0.717) is 6.04 Å². The maximum Gasteiger partial charge on any atom is 0.0992 e. The summed E-state index contributed by atoms with van der Waals surface area (Å²) in [5, 5.41) is 3.42. The number of imidazole rings is 1. The molecule has 0 aliphatic carbocycles. The molecule has 0 radical (unpaired) electrons. The third kappa shape index (κ3) is 2.86. The molecular weight excluding hydrogens is 262 g/mol. The van der Waals surface area contributed by atoms with Gasteiger partial charge in [0.25, 0.3) is 0 Å². The molecule has 0 amide bonds. The van der Waals surface area contributed by atoms with Gasteiger partial charge in [0.05, 0.1) is 17.7 Å². The Bertz CT molecular complexity index is 632. The van der Waals surface area contributed by atoms with Gasteiger partial charge in [0.2, 0.25) is 0 Å². The monoisotopic (exact) mass is 283 g/mol. The minimum Gasteiger partial charge on any atom is -0.397 e. The third-order valence-corrected chi connectivity index (χ3v) is 3.80. The molecule has 5 nitrogen and oxygen atoms in total. The molecule has 1 atom stereocenters. The number of nitrogens with two attached hydrogens (primary N) is 1. The number of aromatic nitrogens is 2. The molecule has 0 saturated carbocycles. The lowest BCUT2D eigenvalue weighted by Crippen LogP contribution is -2.31. The minimum absolute atomic E-state index is 0.469. The van der Waals surface area contributed by atoms with Crippen molar-refractivity contribution in [3.63, 3.8) is 0 Å². The Morgan fingerprint density at radius 1 is 1.48 bits per heavy atom. The maximum absolute atomic E-state index is 6.08. The molecule has 21 heavy (non-hydrogen) atoms.